The molecule has 0 saturated heterocycles. The summed E-state index contributed by atoms with van der Waals surface area (Å²) in [6, 6.07) is 3.81. The van der Waals surface area contributed by atoms with E-state index in [4.69, 9.17) is 39.0 Å². The van der Waals surface area contributed by atoms with E-state index in [0.717, 1.165) is 29.8 Å². The van der Waals surface area contributed by atoms with Crippen LogP contribution >= 0.6 is 36.2 Å². The van der Waals surface area contributed by atoms with E-state index in [9.17, 15) is 0 Å². The van der Waals surface area contributed by atoms with Gasteiger partial charge < -0.3 is 24.8 Å². The van der Waals surface area contributed by atoms with Gasteiger partial charge in [0.2, 0.25) is 0 Å². The number of aromatic nitrogens is 2. The minimum absolute atomic E-state index is 0. The third-order valence-electron chi connectivity index (χ3n) is 3.85. The van der Waals surface area contributed by atoms with Crippen LogP contribution in [0.3, 0.4) is 0 Å². The second kappa shape index (κ2) is 7.57. The lowest BCUT2D eigenvalue weighted by Gasteiger charge is -2.28. The van der Waals surface area contributed by atoms with Gasteiger partial charge >= 0.3 is 0 Å². The number of halogens is 2. The fourth-order valence-corrected chi connectivity index (χ4v) is 3.46. The molecule has 0 aliphatic carbocycles. The number of fused-ring (bicyclic) bond motifs is 1. The van der Waals surface area contributed by atoms with Crippen LogP contribution in [0.2, 0.25) is 5.02 Å². The van der Waals surface area contributed by atoms with E-state index in [-0.39, 0.29) is 18.4 Å². The number of H-pyrrole nitrogens is 1. The molecule has 1 aliphatic rings. The summed E-state index contributed by atoms with van der Waals surface area (Å²) < 4.78 is 14.1. The molecule has 0 amide bonds. The molecule has 3 N–H and O–H groups in total. The SMILES string of the molecule is COc1cc(Cl)cc2c1OC[C@@H](n1c(CCN)c[nH]c1=S)C2.Cl. The number of nitrogens with one attached hydrogen (secondary N) is 1. The van der Waals surface area contributed by atoms with Crippen LogP contribution in [0.4, 0.5) is 0 Å². The molecule has 5 nitrogen and oxygen atoms in total. The number of imidazole rings is 1. The molecule has 8 heteroatoms. The van der Waals surface area contributed by atoms with Crippen molar-refractivity contribution in [3.05, 3.63) is 39.4 Å². The van der Waals surface area contributed by atoms with Crippen molar-refractivity contribution in [2.24, 2.45) is 5.73 Å². The van der Waals surface area contributed by atoms with Crippen LogP contribution in [0.5, 0.6) is 11.5 Å². The Morgan fingerprint density at radius 2 is 2.30 bits per heavy atom. The highest BCUT2D eigenvalue weighted by Crippen LogP contribution is 2.40. The van der Waals surface area contributed by atoms with Crippen LogP contribution in [0, 0.1) is 4.77 Å². The maximum absolute atomic E-state index is 6.16. The summed E-state index contributed by atoms with van der Waals surface area (Å²) in [6.45, 7) is 1.12. The number of aromatic amines is 1. The third-order valence-corrected chi connectivity index (χ3v) is 4.38. The van der Waals surface area contributed by atoms with Gasteiger partial charge in [0, 0.05) is 41.4 Å². The molecular formula is C15H19Cl2N3O2S. The van der Waals surface area contributed by atoms with Gasteiger partial charge in [0.25, 0.3) is 0 Å². The fourth-order valence-electron chi connectivity index (χ4n) is 2.90. The number of hydrogen-bond acceptors (Lipinski definition) is 4. The number of nitrogens with zero attached hydrogens (tertiary/aromatic N) is 1. The first-order valence-electron chi connectivity index (χ1n) is 7.12. The predicted molar refractivity (Wildman–Crippen MR) is 95.9 cm³/mol. The van der Waals surface area contributed by atoms with Crippen molar-refractivity contribution in [2.75, 3.05) is 20.3 Å². The van der Waals surface area contributed by atoms with Crippen molar-refractivity contribution in [1.29, 1.82) is 0 Å². The van der Waals surface area contributed by atoms with Gasteiger partial charge in [-0.3, -0.25) is 0 Å². The Bertz CT molecular complexity index is 745. The van der Waals surface area contributed by atoms with E-state index in [1.54, 1.807) is 13.2 Å². The Morgan fingerprint density at radius 1 is 1.52 bits per heavy atom. The summed E-state index contributed by atoms with van der Waals surface area (Å²) in [4.78, 5) is 3.09. The van der Waals surface area contributed by atoms with E-state index in [1.807, 2.05) is 12.3 Å². The molecule has 23 heavy (non-hydrogen) atoms. The highest BCUT2D eigenvalue weighted by molar-refractivity contribution is 7.71. The maximum atomic E-state index is 6.16. The van der Waals surface area contributed by atoms with Crippen molar-refractivity contribution in [3.63, 3.8) is 0 Å². The number of methoxy groups -OCH3 is 1. The molecule has 0 radical (unpaired) electrons. The lowest BCUT2D eigenvalue weighted by atomic mass is 10.0. The molecular weight excluding hydrogens is 357 g/mol. The van der Waals surface area contributed by atoms with E-state index < -0.39 is 0 Å². The molecule has 1 aromatic carbocycles. The van der Waals surface area contributed by atoms with Crippen LogP contribution in [0.1, 0.15) is 17.3 Å². The van der Waals surface area contributed by atoms with Gasteiger partial charge in [0.15, 0.2) is 16.3 Å². The summed E-state index contributed by atoms with van der Waals surface area (Å²) >= 11 is 11.6. The van der Waals surface area contributed by atoms with Crippen molar-refractivity contribution in [1.82, 2.24) is 9.55 Å². The predicted octanol–water partition coefficient (Wildman–Crippen LogP) is 3.31. The van der Waals surface area contributed by atoms with Crippen LogP contribution in [-0.2, 0) is 12.8 Å². The average molecular weight is 376 g/mol. The van der Waals surface area contributed by atoms with Crippen molar-refractivity contribution < 1.29 is 9.47 Å². The van der Waals surface area contributed by atoms with Gasteiger partial charge in [-0.05, 0) is 24.8 Å². The number of rotatable bonds is 4. The van der Waals surface area contributed by atoms with Crippen LogP contribution < -0.4 is 15.2 Å². The Kier molecular flexibility index (Phi) is 5.97. The summed E-state index contributed by atoms with van der Waals surface area (Å²) in [5, 5.41) is 0.639. The summed E-state index contributed by atoms with van der Waals surface area (Å²) in [5.41, 5.74) is 7.80. The van der Waals surface area contributed by atoms with Crippen molar-refractivity contribution in [3.8, 4) is 11.5 Å². The second-order valence-corrected chi connectivity index (χ2v) is 6.08. The van der Waals surface area contributed by atoms with Crippen LogP contribution in [0.15, 0.2) is 18.3 Å². The third kappa shape index (κ3) is 3.50. The zero-order valence-electron chi connectivity index (χ0n) is 12.7. The smallest absolute Gasteiger partial charge is 0.177 e. The lowest BCUT2D eigenvalue weighted by molar-refractivity contribution is 0.211. The molecule has 1 aromatic heterocycles. The van der Waals surface area contributed by atoms with E-state index >= 15 is 0 Å². The quantitative estimate of drug-likeness (QED) is 0.804. The Labute approximate surface area is 151 Å². The highest BCUT2D eigenvalue weighted by atomic mass is 35.5. The van der Waals surface area contributed by atoms with Gasteiger partial charge in [-0.2, -0.15) is 0 Å². The minimum atomic E-state index is 0. The van der Waals surface area contributed by atoms with Crippen LogP contribution in [0.25, 0.3) is 0 Å². The normalized spacial score (nSPS) is 16.2. The molecule has 0 spiro atoms. The molecule has 2 heterocycles. The highest BCUT2D eigenvalue weighted by Gasteiger charge is 2.26. The Morgan fingerprint density at radius 3 is 3.00 bits per heavy atom. The summed E-state index contributed by atoms with van der Waals surface area (Å²) in [5.74, 6) is 1.44. The molecule has 1 atom stereocenters. The Hall–Kier alpha value is -1.21. The molecule has 3 rings (SSSR count). The number of nitrogens with two attached hydrogens (primary N) is 1. The standard InChI is InChI=1S/C15H18ClN3O2S.ClH/c1-20-13-6-10(16)4-9-5-12(8-21-14(9)13)19-11(2-3-17)7-18-15(19)22;/h4,6-7,12H,2-3,5,8,17H2,1H3,(H,18,22);1H/t12-;/m0./s1. The number of hydrogen-bond donors (Lipinski definition) is 2. The molecule has 0 fully saturated rings. The summed E-state index contributed by atoms with van der Waals surface area (Å²) in [6.07, 6.45) is 3.48. The van der Waals surface area contributed by atoms with Crippen molar-refractivity contribution >= 4 is 36.2 Å². The van der Waals surface area contributed by atoms with Gasteiger partial charge in [0.05, 0.1) is 13.2 Å². The van der Waals surface area contributed by atoms with Gasteiger partial charge in [-0.15, -0.1) is 12.4 Å². The number of benzene rings is 1. The molecule has 0 unspecified atom stereocenters. The monoisotopic (exact) mass is 375 g/mol. The zero-order valence-corrected chi connectivity index (χ0v) is 15.1. The average Bonchev–Trinajstić information content (AvgIpc) is 2.87. The van der Waals surface area contributed by atoms with Crippen molar-refractivity contribution in [2.45, 2.75) is 18.9 Å². The maximum Gasteiger partial charge on any atom is 0.177 e. The fraction of sp³-hybridized carbons (Fsp3) is 0.400. The van der Waals surface area contributed by atoms with E-state index in [0.29, 0.717) is 28.7 Å². The summed E-state index contributed by atoms with van der Waals surface area (Å²) in [7, 11) is 1.61. The first-order valence-corrected chi connectivity index (χ1v) is 7.90. The van der Waals surface area contributed by atoms with Crippen LogP contribution in [-0.4, -0.2) is 29.8 Å². The van der Waals surface area contributed by atoms with Gasteiger partial charge in [-0.25, -0.2) is 0 Å². The Balaban J connectivity index is 0.00000192. The van der Waals surface area contributed by atoms with Gasteiger partial charge in [-0.1, -0.05) is 11.6 Å². The first kappa shape index (κ1) is 18.1. The zero-order chi connectivity index (χ0) is 15.7. The lowest BCUT2D eigenvalue weighted by Crippen LogP contribution is -2.26. The molecule has 1 aliphatic heterocycles. The topological polar surface area (TPSA) is 65.2 Å². The largest absolute Gasteiger partial charge is 0.493 e. The van der Waals surface area contributed by atoms with Gasteiger partial charge in [0.1, 0.15) is 6.61 Å². The minimum Gasteiger partial charge on any atom is -0.493 e. The second-order valence-electron chi connectivity index (χ2n) is 5.26. The van der Waals surface area contributed by atoms with E-state index in [1.165, 1.54) is 0 Å². The molecule has 0 saturated carbocycles. The molecule has 126 valence electrons. The van der Waals surface area contributed by atoms with E-state index in [2.05, 4.69) is 9.55 Å². The number of ether oxygens (including phenoxy) is 2. The molecule has 2 aromatic rings. The molecule has 0 bridgehead atoms. The first-order chi connectivity index (χ1) is 10.6.